The van der Waals surface area contributed by atoms with Gasteiger partial charge < -0.3 is 4.90 Å². The zero-order valence-corrected chi connectivity index (χ0v) is 11.0. The van der Waals surface area contributed by atoms with Crippen LogP contribution in [-0.4, -0.2) is 22.6 Å². The van der Waals surface area contributed by atoms with Crippen LogP contribution in [0, 0.1) is 12.8 Å². The van der Waals surface area contributed by atoms with E-state index in [1.165, 1.54) is 6.42 Å². The summed E-state index contributed by atoms with van der Waals surface area (Å²) in [6.07, 6.45) is 3.08. The number of aromatic nitrogens is 2. The first kappa shape index (κ1) is 10.9. The van der Waals surface area contributed by atoms with E-state index in [-0.39, 0.29) is 0 Å². The van der Waals surface area contributed by atoms with Crippen LogP contribution in [0.3, 0.4) is 0 Å². The Balaban J connectivity index is 2.26. The third-order valence-corrected chi connectivity index (χ3v) is 4.08. The van der Waals surface area contributed by atoms with Crippen LogP contribution in [-0.2, 0) is 0 Å². The zero-order chi connectivity index (χ0) is 11.0. The lowest BCUT2D eigenvalue weighted by atomic mass is 10.1. The van der Waals surface area contributed by atoms with Crippen molar-refractivity contribution in [2.75, 3.05) is 11.4 Å². The van der Waals surface area contributed by atoms with Crippen LogP contribution in [0.4, 0.5) is 5.95 Å². The largest absolute Gasteiger partial charge is 0.338 e. The quantitative estimate of drug-likeness (QED) is 0.785. The third-order valence-electron chi connectivity index (χ3n) is 3.30. The molecule has 2 unspecified atom stereocenters. The second kappa shape index (κ2) is 4.08. The van der Waals surface area contributed by atoms with Crippen molar-refractivity contribution in [2.45, 2.75) is 33.2 Å². The topological polar surface area (TPSA) is 29.0 Å². The van der Waals surface area contributed by atoms with E-state index in [9.17, 15) is 0 Å². The van der Waals surface area contributed by atoms with Crippen molar-refractivity contribution >= 4 is 21.9 Å². The van der Waals surface area contributed by atoms with Gasteiger partial charge in [0.2, 0.25) is 5.95 Å². The normalized spacial score (nSPS) is 26.0. The molecule has 0 radical (unpaired) electrons. The molecule has 15 heavy (non-hydrogen) atoms. The molecule has 2 atom stereocenters. The molecule has 1 aromatic heterocycles. The molecule has 0 N–H and O–H groups in total. The van der Waals surface area contributed by atoms with E-state index in [2.05, 4.69) is 44.6 Å². The van der Waals surface area contributed by atoms with Crippen molar-refractivity contribution in [1.29, 1.82) is 0 Å². The van der Waals surface area contributed by atoms with E-state index in [1.54, 1.807) is 0 Å². The Hall–Kier alpha value is -0.640. The Morgan fingerprint density at radius 3 is 2.73 bits per heavy atom. The summed E-state index contributed by atoms with van der Waals surface area (Å²) in [6.45, 7) is 7.61. The van der Waals surface area contributed by atoms with Gasteiger partial charge in [0.15, 0.2) is 0 Å². The zero-order valence-electron chi connectivity index (χ0n) is 9.37. The molecule has 0 bridgehead atoms. The average Bonchev–Trinajstić information content (AvgIpc) is 2.53. The van der Waals surface area contributed by atoms with Gasteiger partial charge in [0.1, 0.15) is 0 Å². The van der Waals surface area contributed by atoms with Gasteiger partial charge in [-0.15, -0.1) is 0 Å². The molecule has 0 aromatic carbocycles. The van der Waals surface area contributed by atoms with Crippen molar-refractivity contribution < 1.29 is 0 Å². The summed E-state index contributed by atoms with van der Waals surface area (Å²) < 4.78 is 0.978. The minimum Gasteiger partial charge on any atom is -0.338 e. The van der Waals surface area contributed by atoms with Crippen LogP contribution in [0.1, 0.15) is 26.0 Å². The van der Waals surface area contributed by atoms with Gasteiger partial charge in [-0.3, -0.25) is 0 Å². The molecule has 0 saturated carbocycles. The Morgan fingerprint density at radius 1 is 1.47 bits per heavy atom. The van der Waals surface area contributed by atoms with Gasteiger partial charge >= 0.3 is 0 Å². The molecule has 3 nitrogen and oxygen atoms in total. The monoisotopic (exact) mass is 269 g/mol. The van der Waals surface area contributed by atoms with Gasteiger partial charge in [-0.05, 0) is 42.1 Å². The summed E-state index contributed by atoms with van der Waals surface area (Å²) in [5, 5.41) is 0. The number of rotatable bonds is 1. The van der Waals surface area contributed by atoms with E-state index in [0.29, 0.717) is 6.04 Å². The lowest BCUT2D eigenvalue weighted by molar-refractivity contribution is 0.542. The summed E-state index contributed by atoms with van der Waals surface area (Å²) in [5.41, 5.74) is 1.01. The van der Waals surface area contributed by atoms with Crippen molar-refractivity contribution in [2.24, 2.45) is 5.92 Å². The predicted octanol–water partition coefficient (Wildman–Crippen LogP) is 2.78. The van der Waals surface area contributed by atoms with Crippen LogP contribution < -0.4 is 4.90 Å². The van der Waals surface area contributed by atoms with E-state index < -0.39 is 0 Å². The highest BCUT2D eigenvalue weighted by Gasteiger charge is 2.29. The van der Waals surface area contributed by atoms with Gasteiger partial charge in [-0.25, -0.2) is 9.97 Å². The molecule has 0 spiro atoms. The first-order chi connectivity index (χ1) is 7.09. The summed E-state index contributed by atoms with van der Waals surface area (Å²) in [7, 11) is 0. The summed E-state index contributed by atoms with van der Waals surface area (Å²) in [6, 6.07) is 0.547. The summed E-state index contributed by atoms with van der Waals surface area (Å²) in [5.74, 6) is 1.60. The van der Waals surface area contributed by atoms with E-state index in [4.69, 9.17) is 0 Å². The molecule has 2 heterocycles. The molecular formula is C11H16BrN3. The summed E-state index contributed by atoms with van der Waals surface area (Å²) >= 11 is 3.42. The van der Waals surface area contributed by atoms with E-state index in [0.717, 1.165) is 28.6 Å². The fourth-order valence-electron chi connectivity index (χ4n) is 1.96. The van der Waals surface area contributed by atoms with Gasteiger partial charge in [-0.2, -0.15) is 0 Å². The van der Waals surface area contributed by atoms with Gasteiger partial charge in [0, 0.05) is 18.8 Å². The van der Waals surface area contributed by atoms with Crippen molar-refractivity contribution in [3.63, 3.8) is 0 Å². The molecule has 82 valence electrons. The summed E-state index contributed by atoms with van der Waals surface area (Å²) in [4.78, 5) is 11.2. The van der Waals surface area contributed by atoms with Crippen LogP contribution in [0.15, 0.2) is 10.7 Å². The smallest absolute Gasteiger partial charge is 0.225 e. The lowest BCUT2D eigenvalue weighted by Gasteiger charge is -2.23. The predicted molar refractivity (Wildman–Crippen MR) is 65.1 cm³/mol. The number of hydrogen-bond donors (Lipinski definition) is 0. The minimum absolute atomic E-state index is 0.547. The number of halogens is 1. The van der Waals surface area contributed by atoms with E-state index in [1.807, 2.05) is 13.1 Å². The van der Waals surface area contributed by atoms with Crippen LogP contribution in [0.25, 0.3) is 0 Å². The van der Waals surface area contributed by atoms with Gasteiger partial charge in [0.25, 0.3) is 0 Å². The molecule has 1 saturated heterocycles. The average molecular weight is 270 g/mol. The van der Waals surface area contributed by atoms with Crippen molar-refractivity contribution in [3.05, 3.63) is 16.4 Å². The molecule has 1 aromatic rings. The standard InChI is InChI=1S/C11H16BrN3/c1-7-4-5-15(9(7)3)11-13-6-10(12)8(2)14-11/h6-7,9H,4-5H2,1-3H3. The maximum Gasteiger partial charge on any atom is 0.225 e. The van der Waals surface area contributed by atoms with E-state index >= 15 is 0 Å². The third kappa shape index (κ3) is 2.00. The lowest BCUT2D eigenvalue weighted by Crippen LogP contribution is -2.30. The SMILES string of the molecule is Cc1nc(N2CCC(C)C2C)ncc1Br. The molecule has 4 heteroatoms. The molecule has 0 amide bonds. The molecule has 1 aliphatic heterocycles. The number of aryl methyl sites for hydroxylation is 1. The maximum absolute atomic E-state index is 4.51. The molecule has 1 fully saturated rings. The van der Waals surface area contributed by atoms with Crippen LogP contribution in [0.5, 0.6) is 0 Å². The second-order valence-electron chi connectivity index (χ2n) is 4.30. The highest BCUT2D eigenvalue weighted by molar-refractivity contribution is 9.10. The molecule has 2 rings (SSSR count). The second-order valence-corrected chi connectivity index (χ2v) is 5.16. The highest BCUT2D eigenvalue weighted by atomic mass is 79.9. The highest BCUT2D eigenvalue weighted by Crippen LogP contribution is 2.27. The van der Waals surface area contributed by atoms with Crippen molar-refractivity contribution in [3.8, 4) is 0 Å². The Morgan fingerprint density at radius 2 is 2.20 bits per heavy atom. The molecule has 1 aliphatic rings. The number of nitrogens with zero attached hydrogens (tertiary/aromatic N) is 3. The van der Waals surface area contributed by atoms with Crippen LogP contribution in [0.2, 0.25) is 0 Å². The molecule has 0 aliphatic carbocycles. The van der Waals surface area contributed by atoms with Crippen molar-refractivity contribution in [1.82, 2.24) is 9.97 Å². The Kier molecular flexibility index (Phi) is 2.96. The van der Waals surface area contributed by atoms with Gasteiger partial charge in [-0.1, -0.05) is 6.92 Å². The Bertz CT molecular complexity index is 367. The molecular weight excluding hydrogens is 254 g/mol. The maximum atomic E-state index is 4.51. The minimum atomic E-state index is 0.547. The first-order valence-electron chi connectivity index (χ1n) is 5.35. The fraction of sp³-hybridized carbons (Fsp3) is 0.636. The fourth-order valence-corrected chi connectivity index (χ4v) is 2.15. The first-order valence-corrected chi connectivity index (χ1v) is 6.14. The number of hydrogen-bond acceptors (Lipinski definition) is 3. The van der Waals surface area contributed by atoms with Gasteiger partial charge in [0.05, 0.1) is 10.2 Å². The number of anilines is 1. The van der Waals surface area contributed by atoms with Crippen LogP contribution >= 0.6 is 15.9 Å². The Labute approximate surface area is 99.0 Å².